The van der Waals surface area contributed by atoms with Crippen molar-refractivity contribution in [3.05, 3.63) is 24.3 Å². The number of nitrogens with one attached hydrogen (secondary N) is 1. The number of amides is 2. The molecule has 0 radical (unpaired) electrons. The van der Waals surface area contributed by atoms with Gasteiger partial charge in [0.2, 0.25) is 0 Å². The molecule has 4 atom stereocenters. The average molecular weight is 314 g/mol. The molecule has 0 aromatic carbocycles. The summed E-state index contributed by atoms with van der Waals surface area (Å²) in [5.74, 6) is -3.99. The number of halogens is 2. The molecule has 2 rings (SSSR count). The van der Waals surface area contributed by atoms with Crippen molar-refractivity contribution in [1.82, 2.24) is 10.2 Å². The standard InChI is InChI=1S/C10H15B3F2N2O5/c1-3-4(14)2-17(7(20)16-3)9(11)6(19)5(18)8(15,22-9)10(12,13)21/h2,5-6,18-19,21H,1,11-13H2,(H,16,20)/t5-,6+,8-,9-/m0/s1. The largest absolute Gasteiger partial charge is 0.402 e. The van der Waals surface area contributed by atoms with E-state index in [4.69, 9.17) is 4.74 Å². The number of hydrogen-bond acceptors (Lipinski definition) is 5. The molecule has 2 heterocycles. The minimum absolute atomic E-state index is 0.299. The van der Waals surface area contributed by atoms with E-state index in [1.54, 1.807) is 0 Å². The fourth-order valence-corrected chi connectivity index (χ4v) is 2.42. The van der Waals surface area contributed by atoms with Crippen molar-refractivity contribution < 1.29 is 33.6 Å². The molecule has 118 valence electrons. The number of aliphatic hydroxyl groups excluding tert-OH is 2. The number of nitrogens with zero attached hydrogens (tertiary/aromatic N) is 1. The van der Waals surface area contributed by atoms with Gasteiger partial charge in [-0.1, -0.05) is 6.58 Å². The van der Waals surface area contributed by atoms with Gasteiger partial charge >= 0.3 is 6.03 Å². The van der Waals surface area contributed by atoms with Gasteiger partial charge in [-0.25, -0.2) is 13.6 Å². The van der Waals surface area contributed by atoms with Gasteiger partial charge in [0.05, 0.1) is 11.1 Å². The Morgan fingerprint density at radius 2 is 2.00 bits per heavy atom. The molecular weight excluding hydrogens is 299 g/mol. The topological polar surface area (TPSA) is 102 Å². The predicted molar refractivity (Wildman–Crippen MR) is 79.0 cm³/mol. The van der Waals surface area contributed by atoms with Gasteiger partial charge in [-0.05, 0) is 0 Å². The zero-order valence-corrected chi connectivity index (χ0v) is 12.3. The van der Waals surface area contributed by atoms with E-state index < -0.39 is 40.9 Å². The molecule has 2 aliphatic rings. The van der Waals surface area contributed by atoms with Crippen LogP contribution >= 0.6 is 0 Å². The normalized spacial score (nSPS) is 39.7. The number of ether oxygens (including phenoxy) is 1. The quantitative estimate of drug-likeness (QED) is 0.389. The molecule has 22 heavy (non-hydrogen) atoms. The van der Waals surface area contributed by atoms with Crippen molar-refractivity contribution in [2.24, 2.45) is 0 Å². The van der Waals surface area contributed by atoms with Crippen molar-refractivity contribution in [2.45, 2.75) is 29.1 Å². The third-order valence-electron chi connectivity index (χ3n) is 3.90. The highest BCUT2D eigenvalue weighted by atomic mass is 19.2. The van der Waals surface area contributed by atoms with E-state index >= 15 is 0 Å². The van der Waals surface area contributed by atoms with Crippen molar-refractivity contribution in [3.8, 4) is 0 Å². The van der Waals surface area contributed by atoms with Crippen LogP contribution in [0.2, 0.25) is 0 Å². The summed E-state index contributed by atoms with van der Waals surface area (Å²) in [5.41, 5.74) is -2.44. The number of alkyl halides is 1. The van der Waals surface area contributed by atoms with Gasteiger partial charge in [0.25, 0.3) is 5.85 Å². The second-order valence-electron chi connectivity index (χ2n) is 6.01. The second kappa shape index (κ2) is 4.82. The summed E-state index contributed by atoms with van der Waals surface area (Å²) >= 11 is 0. The molecule has 0 aromatic heterocycles. The number of allylic oxidation sites excluding steroid dienone is 1. The number of carbonyl (C=O) groups excluding carboxylic acids is 1. The van der Waals surface area contributed by atoms with Crippen LogP contribution in [0.15, 0.2) is 24.3 Å². The Kier molecular flexibility index (Phi) is 3.73. The Labute approximate surface area is 127 Å². The maximum absolute atomic E-state index is 14.8. The smallest absolute Gasteiger partial charge is 0.327 e. The lowest BCUT2D eigenvalue weighted by atomic mass is 9.59. The number of hydrogen-bond donors (Lipinski definition) is 4. The SMILES string of the molecule is BC(B)(O)[C@@]1(F)O[C@@](B)(N2C=C(F)C(=C)NC2=O)[C@H](O)[C@@H]1O. The minimum atomic E-state index is -3.07. The van der Waals surface area contributed by atoms with Crippen LogP contribution in [-0.4, -0.2) is 78.9 Å². The minimum Gasteiger partial charge on any atom is -0.402 e. The zero-order valence-electron chi connectivity index (χ0n) is 12.3. The number of aliphatic hydroxyl groups is 3. The van der Waals surface area contributed by atoms with Crippen molar-refractivity contribution in [1.29, 1.82) is 0 Å². The van der Waals surface area contributed by atoms with E-state index in [0.717, 1.165) is 23.5 Å². The first kappa shape index (κ1) is 17.0. The highest BCUT2D eigenvalue weighted by Gasteiger charge is 2.68. The summed E-state index contributed by atoms with van der Waals surface area (Å²) in [4.78, 5) is 12.5. The predicted octanol–water partition coefficient (Wildman–Crippen LogP) is -4.05. The van der Waals surface area contributed by atoms with E-state index in [0.29, 0.717) is 11.1 Å². The molecule has 0 spiro atoms. The summed E-state index contributed by atoms with van der Waals surface area (Å²) in [6.45, 7) is 3.26. The number of rotatable bonds is 2. The van der Waals surface area contributed by atoms with Crippen LogP contribution in [0.1, 0.15) is 0 Å². The Morgan fingerprint density at radius 3 is 2.45 bits per heavy atom. The van der Waals surface area contributed by atoms with Crippen LogP contribution in [-0.2, 0) is 4.74 Å². The summed E-state index contributed by atoms with van der Waals surface area (Å²) in [6, 6.07) is -0.930. The fraction of sp³-hybridized carbons (Fsp3) is 0.500. The van der Waals surface area contributed by atoms with Crippen LogP contribution in [0.5, 0.6) is 0 Å². The van der Waals surface area contributed by atoms with Gasteiger partial charge in [0.15, 0.2) is 13.7 Å². The Balaban J connectivity index is 2.47. The molecule has 0 bridgehead atoms. The zero-order chi connectivity index (χ0) is 17.1. The molecule has 0 aromatic rings. The van der Waals surface area contributed by atoms with Crippen LogP contribution < -0.4 is 5.32 Å². The van der Waals surface area contributed by atoms with Gasteiger partial charge < -0.3 is 25.4 Å². The van der Waals surface area contributed by atoms with Crippen molar-refractivity contribution in [2.75, 3.05) is 0 Å². The molecule has 0 saturated carbocycles. The highest BCUT2D eigenvalue weighted by molar-refractivity contribution is 6.39. The molecule has 4 N–H and O–H groups in total. The molecule has 2 aliphatic heterocycles. The summed E-state index contributed by atoms with van der Waals surface area (Å²) in [6.07, 6.45) is -3.43. The molecule has 1 fully saturated rings. The van der Waals surface area contributed by atoms with Crippen LogP contribution in [0, 0.1) is 0 Å². The lowest BCUT2D eigenvalue weighted by Crippen LogP contribution is -2.61. The van der Waals surface area contributed by atoms with Crippen LogP contribution in [0.4, 0.5) is 13.6 Å². The lowest BCUT2D eigenvalue weighted by molar-refractivity contribution is -0.242. The van der Waals surface area contributed by atoms with Crippen molar-refractivity contribution in [3.63, 3.8) is 0 Å². The third kappa shape index (κ3) is 2.18. The summed E-state index contributed by atoms with van der Waals surface area (Å²) in [5, 5.41) is 29.8. The molecule has 0 aliphatic carbocycles. The first-order chi connectivity index (χ1) is 9.84. The second-order valence-corrected chi connectivity index (χ2v) is 6.01. The maximum Gasteiger partial charge on any atom is 0.327 e. The Morgan fingerprint density at radius 1 is 1.45 bits per heavy atom. The van der Waals surface area contributed by atoms with Gasteiger partial charge in [0.1, 0.15) is 33.5 Å². The van der Waals surface area contributed by atoms with Crippen LogP contribution in [0.25, 0.3) is 0 Å². The fourth-order valence-electron chi connectivity index (χ4n) is 2.42. The lowest BCUT2D eigenvalue weighted by Gasteiger charge is -2.41. The third-order valence-corrected chi connectivity index (χ3v) is 3.90. The molecular formula is C10H15B3F2N2O5. The van der Waals surface area contributed by atoms with Gasteiger partial charge in [-0.15, -0.1) is 0 Å². The van der Waals surface area contributed by atoms with Gasteiger partial charge in [-0.3, -0.25) is 4.90 Å². The first-order valence-corrected chi connectivity index (χ1v) is 6.49. The molecule has 12 heteroatoms. The average Bonchev–Trinajstić information content (AvgIpc) is 2.56. The first-order valence-electron chi connectivity index (χ1n) is 6.49. The molecule has 2 amide bonds. The van der Waals surface area contributed by atoms with Gasteiger partial charge in [0, 0.05) is 6.20 Å². The van der Waals surface area contributed by atoms with E-state index in [2.05, 4.69) is 11.9 Å². The van der Waals surface area contributed by atoms with Crippen LogP contribution in [0.3, 0.4) is 0 Å². The van der Waals surface area contributed by atoms with Gasteiger partial charge in [-0.2, -0.15) is 0 Å². The Hall–Kier alpha value is -1.36. The molecule has 1 saturated heterocycles. The monoisotopic (exact) mass is 314 g/mol. The van der Waals surface area contributed by atoms with Crippen molar-refractivity contribution >= 4 is 29.6 Å². The van der Waals surface area contributed by atoms with E-state index in [-0.39, 0.29) is 5.70 Å². The number of urea groups is 1. The van der Waals surface area contributed by atoms with E-state index in [1.807, 2.05) is 0 Å². The maximum atomic E-state index is 14.8. The van der Waals surface area contributed by atoms with E-state index in [9.17, 15) is 28.9 Å². The molecule has 7 nitrogen and oxygen atoms in total. The summed E-state index contributed by atoms with van der Waals surface area (Å²) < 4.78 is 33.5. The highest BCUT2D eigenvalue weighted by Crippen LogP contribution is 2.44. The van der Waals surface area contributed by atoms with E-state index in [1.165, 1.54) is 0 Å². The Bertz CT molecular complexity index is 571. The summed E-state index contributed by atoms with van der Waals surface area (Å²) in [7, 11) is 3.15. The number of carbonyl (C=O) groups is 1. The molecule has 0 unspecified atom stereocenters.